The number of ether oxygens (including phenoxy) is 1. The number of nitrogens with zero attached hydrogens (tertiary/aromatic N) is 1. The summed E-state index contributed by atoms with van der Waals surface area (Å²) < 4.78 is 5.00. The number of hydrogen-bond acceptors (Lipinski definition) is 4. The van der Waals surface area contributed by atoms with Gasteiger partial charge in [0.25, 0.3) is 5.91 Å². The fourth-order valence-corrected chi connectivity index (χ4v) is 4.32. The van der Waals surface area contributed by atoms with E-state index in [1.54, 1.807) is 25.3 Å². The highest BCUT2D eigenvalue weighted by atomic mass is 35.5. The second-order valence-corrected chi connectivity index (χ2v) is 8.70. The Balaban J connectivity index is 1.53. The lowest BCUT2D eigenvalue weighted by Crippen LogP contribution is -2.38. The van der Waals surface area contributed by atoms with Crippen LogP contribution >= 0.6 is 23.2 Å². The molecule has 3 rings (SSSR count). The molecular formula is C24H29Cl2N3O3. The van der Waals surface area contributed by atoms with Gasteiger partial charge in [-0.05, 0) is 56.6 Å². The van der Waals surface area contributed by atoms with E-state index >= 15 is 0 Å². The molecule has 8 heteroatoms. The van der Waals surface area contributed by atoms with Crippen LogP contribution < -0.4 is 10.6 Å². The van der Waals surface area contributed by atoms with Crippen molar-refractivity contribution in [3.05, 3.63) is 63.6 Å². The van der Waals surface area contributed by atoms with Crippen molar-refractivity contribution in [3.8, 4) is 0 Å². The van der Waals surface area contributed by atoms with Crippen molar-refractivity contribution in [3.63, 3.8) is 0 Å². The third-order valence-corrected chi connectivity index (χ3v) is 6.35. The first-order valence-corrected chi connectivity index (χ1v) is 11.6. The zero-order valence-corrected chi connectivity index (χ0v) is 19.7. The number of likely N-dealkylation sites (tertiary alicyclic amines) is 1. The molecule has 0 bridgehead atoms. The lowest BCUT2D eigenvalue weighted by molar-refractivity contribution is -0.121. The maximum Gasteiger partial charge on any atom is 0.253 e. The van der Waals surface area contributed by atoms with Crippen LogP contribution in [0.5, 0.6) is 0 Å². The van der Waals surface area contributed by atoms with Gasteiger partial charge in [-0.1, -0.05) is 41.4 Å². The standard InChI is InChI=1S/C24H29Cl2N3O3/c1-32-15-5-12-27-24(31)18-6-2-3-9-22(18)28-23(30)17-10-13-29(14-11-17)16-19-20(25)7-4-8-21(19)26/h2-4,6-9,17H,5,10-16H2,1H3,(H,27,31)(H,28,30). The van der Waals surface area contributed by atoms with Crippen molar-refractivity contribution in [2.45, 2.75) is 25.8 Å². The maximum atomic E-state index is 12.9. The molecule has 32 heavy (non-hydrogen) atoms. The molecule has 2 N–H and O–H groups in total. The molecule has 2 aromatic rings. The van der Waals surface area contributed by atoms with Crippen molar-refractivity contribution in [2.24, 2.45) is 5.92 Å². The fourth-order valence-electron chi connectivity index (χ4n) is 3.80. The van der Waals surface area contributed by atoms with Crippen molar-refractivity contribution >= 4 is 40.7 Å². The maximum absolute atomic E-state index is 12.9. The molecule has 2 aromatic carbocycles. The molecule has 2 amide bonds. The molecule has 1 aliphatic rings. The van der Waals surface area contributed by atoms with E-state index in [0.29, 0.717) is 41.0 Å². The number of hydrogen-bond donors (Lipinski definition) is 2. The molecule has 0 aromatic heterocycles. The zero-order valence-electron chi connectivity index (χ0n) is 18.2. The monoisotopic (exact) mass is 477 g/mol. The van der Waals surface area contributed by atoms with E-state index in [9.17, 15) is 9.59 Å². The van der Waals surface area contributed by atoms with Crippen molar-refractivity contribution in [2.75, 3.05) is 38.7 Å². The number of halogens is 2. The predicted molar refractivity (Wildman–Crippen MR) is 128 cm³/mol. The number of nitrogens with one attached hydrogen (secondary N) is 2. The Morgan fingerprint density at radius 1 is 1.06 bits per heavy atom. The number of methoxy groups -OCH3 is 1. The first-order valence-electron chi connectivity index (χ1n) is 10.8. The van der Waals surface area contributed by atoms with Gasteiger partial charge in [-0.25, -0.2) is 0 Å². The van der Waals surface area contributed by atoms with Gasteiger partial charge in [0.05, 0.1) is 11.3 Å². The molecule has 1 aliphatic heterocycles. The first kappa shape index (κ1) is 24.5. The summed E-state index contributed by atoms with van der Waals surface area (Å²) in [5, 5.41) is 7.15. The first-order chi connectivity index (χ1) is 15.5. The van der Waals surface area contributed by atoms with E-state index in [4.69, 9.17) is 27.9 Å². The summed E-state index contributed by atoms with van der Waals surface area (Å²) in [5.74, 6) is -0.366. The molecule has 1 saturated heterocycles. The van der Waals surface area contributed by atoms with E-state index in [0.717, 1.165) is 37.9 Å². The highest BCUT2D eigenvalue weighted by Crippen LogP contribution is 2.28. The predicted octanol–water partition coefficient (Wildman–Crippen LogP) is 4.61. The molecule has 0 spiro atoms. The van der Waals surface area contributed by atoms with Crippen molar-refractivity contribution in [1.29, 1.82) is 0 Å². The van der Waals surface area contributed by atoms with Crippen LogP contribution in [0.1, 0.15) is 35.2 Å². The Morgan fingerprint density at radius 2 is 1.75 bits per heavy atom. The third-order valence-electron chi connectivity index (χ3n) is 5.64. The molecule has 0 aliphatic carbocycles. The summed E-state index contributed by atoms with van der Waals surface area (Å²) in [7, 11) is 1.63. The van der Waals surface area contributed by atoms with Gasteiger partial charge < -0.3 is 15.4 Å². The Bertz CT molecular complexity index is 910. The number of amides is 2. The number of benzene rings is 2. The molecule has 1 heterocycles. The summed E-state index contributed by atoms with van der Waals surface area (Å²) in [6.07, 6.45) is 2.20. The average Bonchev–Trinajstić information content (AvgIpc) is 2.80. The summed E-state index contributed by atoms with van der Waals surface area (Å²) >= 11 is 12.6. The molecule has 1 fully saturated rings. The molecule has 0 saturated carbocycles. The number of carbonyl (C=O) groups excluding carboxylic acids is 2. The van der Waals surface area contributed by atoms with Crippen LogP contribution in [0.25, 0.3) is 0 Å². The van der Waals surface area contributed by atoms with Gasteiger partial charge in [-0.3, -0.25) is 14.5 Å². The lowest BCUT2D eigenvalue weighted by Gasteiger charge is -2.31. The smallest absolute Gasteiger partial charge is 0.253 e. The molecule has 172 valence electrons. The second-order valence-electron chi connectivity index (χ2n) is 7.89. The van der Waals surface area contributed by atoms with E-state index in [1.807, 2.05) is 24.3 Å². The molecule has 6 nitrogen and oxygen atoms in total. The topological polar surface area (TPSA) is 70.7 Å². The van der Waals surface area contributed by atoms with Crippen LogP contribution in [-0.4, -0.2) is 50.1 Å². The van der Waals surface area contributed by atoms with Crippen LogP contribution in [0, 0.1) is 5.92 Å². The van der Waals surface area contributed by atoms with Crippen LogP contribution in [0.15, 0.2) is 42.5 Å². The largest absolute Gasteiger partial charge is 0.385 e. The van der Waals surface area contributed by atoms with E-state index in [2.05, 4.69) is 15.5 Å². The number of anilines is 1. The Labute approximate surface area is 199 Å². The number of piperidine rings is 1. The van der Waals surface area contributed by atoms with E-state index in [-0.39, 0.29) is 17.7 Å². The highest BCUT2D eigenvalue weighted by molar-refractivity contribution is 6.35. The van der Waals surface area contributed by atoms with Gasteiger partial charge in [0, 0.05) is 48.3 Å². The van der Waals surface area contributed by atoms with Crippen LogP contribution in [0.2, 0.25) is 10.0 Å². The normalized spacial score (nSPS) is 14.8. The quantitative estimate of drug-likeness (QED) is 0.517. The van der Waals surface area contributed by atoms with Crippen LogP contribution in [-0.2, 0) is 16.1 Å². The van der Waals surface area contributed by atoms with E-state index < -0.39 is 0 Å². The Morgan fingerprint density at radius 3 is 2.44 bits per heavy atom. The van der Waals surface area contributed by atoms with Gasteiger partial charge in [-0.15, -0.1) is 0 Å². The molecule has 0 unspecified atom stereocenters. The van der Waals surface area contributed by atoms with Gasteiger partial charge in [0.1, 0.15) is 0 Å². The molecule has 0 radical (unpaired) electrons. The summed E-state index contributed by atoms with van der Waals surface area (Å²) in [5.41, 5.74) is 1.92. The number of carbonyl (C=O) groups is 2. The van der Waals surface area contributed by atoms with Gasteiger partial charge >= 0.3 is 0 Å². The third kappa shape index (κ3) is 6.69. The number of rotatable bonds is 9. The molecular weight excluding hydrogens is 449 g/mol. The zero-order chi connectivity index (χ0) is 22.9. The van der Waals surface area contributed by atoms with Crippen molar-refractivity contribution in [1.82, 2.24) is 10.2 Å². The summed E-state index contributed by atoms with van der Waals surface area (Å²) in [6.45, 7) is 3.32. The average molecular weight is 478 g/mol. The Hall–Kier alpha value is -2.12. The minimum absolute atomic E-state index is 0.0555. The van der Waals surface area contributed by atoms with Crippen molar-refractivity contribution < 1.29 is 14.3 Å². The van der Waals surface area contributed by atoms with Gasteiger partial charge in [0.15, 0.2) is 0 Å². The summed E-state index contributed by atoms with van der Waals surface area (Å²) in [6, 6.07) is 12.6. The minimum atomic E-state index is -0.205. The second kappa shape index (κ2) is 12.2. The van der Waals surface area contributed by atoms with Gasteiger partial charge in [0.2, 0.25) is 5.91 Å². The van der Waals surface area contributed by atoms with E-state index in [1.165, 1.54) is 0 Å². The summed E-state index contributed by atoms with van der Waals surface area (Å²) in [4.78, 5) is 27.7. The molecule has 0 atom stereocenters. The minimum Gasteiger partial charge on any atom is -0.385 e. The van der Waals surface area contributed by atoms with Crippen LogP contribution in [0.3, 0.4) is 0 Å². The SMILES string of the molecule is COCCCNC(=O)c1ccccc1NC(=O)C1CCN(Cc2c(Cl)cccc2Cl)CC1. The highest BCUT2D eigenvalue weighted by Gasteiger charge is 2.26. The van der Waals surface area contributed by atoms with Gasteiger partial charge in [-0.2, -0.15) is 0 Å². The van der Waals surface area contributed by atoms with Crippen LogP contribution in [0.4, 0.5) is 5.69 Å². The lowest BCUT2D eigenvalue weighted by atomic mass is 9.95. The number of para-hydroxylation sites is 1. The Kier molecular flexibility index (Phi) is 9.36. The fraction of sp³-hybridized carbons (Fsp3) is 0.417.